The van der Waals surface area contributed by atoms with Crippen LogP contribution < -0.4 is 0 Å². The second kappa shape index (κ2) is 4.55. The molecule has 1 aromatic rings. The summed E-state index contributed by atoms with van der Waals surface area (Å²) in [5.41, 5.74) is 1.37. The highest BCUT2D eigenvalue weighted by atomic mass is 32.2. The van der Waals surface area contributed by atoms with Crippen LogP contribution in [-0.2, 0) is 14.6 Å². The average molecular weight is 239 g/mol. The Morgan fingerprint density at radius 2 is 2.06 bits per heavy atom. The Labute approximate surface area is 97.0 Å². The van der Waals surface area contributed by atoms with Gasteiger partial charge in [0.05, 0.1) is 16.3 Å². The summed E-state index contributed by atoms with van der Waals surface area (Å²) in [6.07, 6.45) is 4.30. The van der Waals surface area contributed by atoms with Crippen LogP contribution >= 0.6 is 0 Å². The van der Waals surface area contributed by atoms with Gasteiger partial charge in [0.2, 0.25) is 0 Å². The molecule has 0 heterocycles. The normalized spacial score (nSPS) is 24.1. The Bertz CT molecular complexity index is 455. The highest BCUT2D eigenvalue weighted by Gasteiger charge is 2.38. The SMILES string of the molecule is CS(C)(=O)=NOC[C@@H]1C[C@H]1c1ccccc1. The molecule has 1 aromatic carbocycles. The highest BCUT2D eigenvalue weighted by molar-refractivity contribution is 7.92. The Balaban J connectivity index is 1.83. The Morgan fingerprint density at radius 3 is 2.69 bits per heavy atom. The number of rotatable bonds is 4. The zero-order valence-corrected chi connectivity index (χ0v) is 10.4. The molecule has 88 valence electrons. The lowest BCUT2D eigenvalue weighted by Gasteiger charge is -1.99. The maximum absolute atomic E-state index is 11.2. The second-order valence-electron chi connectivity index (χ2n) is 4.56. The van der Waals surface area contributed by atoms with E-state index in [1.54, 1.807) is 12.5 Å². The van der Waals surface area contributed by atoms with E-state index in [4.69, 9.17) is 4.84 Å². The first-order chi connectivity index (χ1) is 7.56. The molecule has 1 aliphatic rings. The fraction of sp³-hybridized carbons (Fsp3) is 0.500. The molecule has 1 fully saturated rings. The highest BCUT2D eigenvalue weighted by Crippen LogP contribution is 2.47. The summed E-state index contributed by atoms with van der Waals surface area (Å²) in [4.78, 5) is 5.12. The molecule has 2 atom stereocenters. The van der Waals surface area contributed by atoms with E-state index in [1.807, 2.05) is 6.07 Å². The molecular formula is C12H17NO2S. The number of nitrogens with zero attached hydrogens (tertiary/aromatic N) is 1. The van der Waals surface area contributed by atoms with E-state index in [1.165, 1.54) is 5.56 Å². The molecule has 0 saturated heterocycles. The van der Waals surface area contributed by atoms with E-state index in [2.05, 4.69) is 28.8 Å². The van der Waals surface area contributed by atoms with Gasteiger partial charge >= 0.3 is 0 Å². The van der Waals surface area contributed by atoms with Crippen molar-refractivity contribution < 1.29 is 9.05 Å². The molecule has 0 spiro atoms. The van der Waals surface area contributed by atoms with Crippen LogP contribution in [0.4, 0.5) is 0 Å². The van der Waals surface area contributed by atoms with Gasteiger partial charge in [0.1, 0.15) is 0 Å². The zero-order valence-electron chi connectivity index (χ0n) is 9.63. The van der Waals surface area contributed by atoms with Crippen LogP contribution in [-0.4, -0.2) is 23.3 Å². The standard InChI is InChI=1S/C12H17NO2S/c1-16(2,14)13-15-9-11-8-12(11)10-6-4-3-5-7-10/h3-7,11-12H,8-9H2,1-2H3/t11-,12-/m0/s1. The average Bonchev–Trinajstić information content (AvgIpc) is 2.97. The lowest BCUT2D eigenvalue weighted by Crippen LogP contribution is -1.97. The van der Waals surface area contributed by atoms with Gasteiger partial charge in [-0.1, -0.05) is 34.9 Å². The van der Waals surface area contributed by atoms with Crippen LogP contribution in [0.5, 0.6) is 0 Å². The van der Waals surface area contributed by atoms with E-state index in [0.29, 0.717) is 18.4 Å². The van der Waals surface area contributed by atoms with Crippen LogP contribution in [0.25, 0.3) is 0 Å². The van der Waals surface area contributed by atoms with Gasteiger partial charge in [0, 0.05) is 12.5 Å². The third-order valence-electron chi connectivity index (χ3n) is 2.67. The quantitative estimate of drug-likeness (QED) is 0.757. The molecule has 0 aliphatic heterocycles. The van der Waals surface area contributed by atoms with Gasteiger partial charge in [0.25, 0.3) is 0 Å². The van der Waals surface area contributed by atoms with Gasteiger partial charge < -0.3 is 0 Å². The molecule has 0 aromatic heterocycles. The van der Waals surface area contributed by atoms with Crippen molar-refractivity contribution in [1.82, 2.24) is 0 Å². The largest absolute Gasteiger partial charge is 0.248 e. The number of benzene rings is 1. The molecule has 1 saturated carbocycles. The van der Waals surface area contributed by atoms with Gasteiger partial charge in [-0.25, -0.2) is 9.05 Å². The first-order valence-corrected chi connectivity index (χ1v) is 7.73. The molecule has 2 rings (SSSR count). The van der Waals surface area contributed by atoms with E-state index in [0.717, 1.165) is 6.42 Å². The Hall–Kier alpha value is -0.870. The van der Waals surface area contributed by atoms with E-state index in [9.17, 15) is 4.21 Å². The molecule has 16 heavy (non-hydrogen) atoms. The fourth-order valence-electron chi connectivity index (χ4n) is 1.79. The lowest BCUT2D eigenvalue weighted by molar-refractivity contribution is 0.137. The van der Waals surface area contributed by atoms with Gasteiger partial charge in [-0.3, -0.25) is 0 Å². The summed E-state index contributed by atoms with van der Waals surface area (Å²) in [7, 11) is -2.12. The lowest BCUT2D eigenvalue weighted by atomic mass is 10.1. The molecule has 0 radical (unpaired) electrons. The van der Waals surface area contributed by atoms with E-state index < -0.39 is 9.73 Å². The van der Waals surface area contributed by atoms with Crippen molar-refractivity contribution in [2.75, 3.05) is 19.1 Å². The molecule has 3 nitrogen and oxygen atoms in total. The first kappa shape index (κ1) is 11.6. The molecule has 0 N–H and O–H groups in total. The summed E-state index contributed by atoms with van der Waals surface area (Å²) in [5, 5.41) is 0. The Morgan fingerprint density at radius 1 is 1.38 bits per heavy atom. The molecule has 0 unspecified atom stereocenters. The van der Waals surface area contributed by atoms with Crippen molar-refractivity contribution in [3.8, 4) is 0 Å². The monoisotopic (exact) mass is 239 g/mol. The smallest absolute Gasteiger partial charge is 0.0812 e. The number of hydrogen-bond donors (Lipinski definition) is 0. The van der Waals surface area contributed by atoms with Crippen molar-refractivity contribution in [3.63, 3.8) is 0 Å². The van der Waals surface area contributed by atoms with Crippen molar-refractivity contribution in [3.05, 3.63) is 35.9 Å². The summed E-state index contributed by atoms with van der Waals surface area (Å²) in [5.74, 6) is 1.13. The van der Waals surface area contributed by atoms with Gasteiger partial charge in [-0.2, -0.15) is 0 Å². The van der Waals surface area contributed by atoms with Gasteiger partial charge in [0.15, 0.2) is 0 Å². The summed E-state index contributed by atoms with van der Waals surface area (Å²) in [6, 6.07) is 10.4. The van der Waals surface area contributed by atoms with Gasteiger partial charge in [-0.05, 0) is 23.8 Å². The molecule has 4 heteroatoms. The van der Waals surface area contributed by atoms with Crippen molar-refractivity contribution in [1.29, 1.82) is 0 Å². The van der Waals surface area contributed by atoms with Crippen LogP contribution in [0, 0.1) is 5.92 Å². The minimum absolute atomic E-state index is 0.535. The minimum Gasteiger partial charge on any atom is -0.248 e. The van der Waals surface area contributed by atoms with Crippen LogP contribution in [0.1, 0.15) is 17.9 Å². The maximum Gasteiger partial charge on any atom is 0.0812 e. The van der Waals surface area contributed by atoms with Crippen molar-refractivity contribution in [2.24, 2.45) is 10.4 Å². The van der Waals surface area contributed by atoms with E-state index in [-0.39, 0.29) is 0 Å². The molecular weight excluding hydrogens is 222 g/mol. The summed E-state index contributed by atoms with van der Waals surface area (Å²) in [6.45, 7) is 0.582. The molecule has 1 aliphatic carbocycles. The topological polar surface area (TPSA) is 38.7 Å². The predicted octanol–water partition coefficient (Wildman–Crippen LogP) is 2.45. The molecule has 0 amide bonds. The summed E-state index contributed by atoms with van der Waals surface area (Å²) >= 11 is 0. The van der Waals surface area contributed by atoms with E-state index >= 15 is 0 Å². The van der Waals surface area contributed by atoms with Crippen LogP contribution in [0.3, 0.4) is 0 Å². The third-order valence-corrected chi connectivity index (χ3v) is 3.14. The number of hydrogen-bond acceptors (Lipinski definition) is 3. The maximum atomic E-state index is 11.2. The second-order valence-corrected chi connectivity index (χ2v) is 7.08. The van der Waals surface area contributed by atoms with Crippen molar-refractivity contribution >= 4 is 9.73 Å². The fourth-order valence-corrected chi connectivity index (χ4v) is 2.11. The first-order valence-electron chi connectivity index (χ1n) is 5.39. The van der Waals surface area contributed by atoms with Crippen molar-refractivity contribution in [2.45, 2.75) is 12.3 Å². The van der Waals surface area contributed by atoms with Crippen LogP contribution in [0.15, 0.2) is 34.9 Å². The minimum atomic E-state index is -2.12. The predicted molar refractivity (Wildman–Crippen MR) is 65.7 cm³/mol. The van der Waals surface area contributed by atoms with Gasteiger partial charge in [-0.15, -0.1) is 0 Å². The Kier molecular flexibility index (Phi) is 3.30. The third kappa shape index (κ3) is 3.32. The zero-order chi connectivity index (χ0) is 11.6. The van der Waals surface area contributed by atoms with Crippen LogP contribution in [0.2, 0.25) is 0 Å². The summed E-state index contributed by atoms with van der Waals surface area (Å²) < 4.78 is 14.9. The molecule has 0 bridgehead atoms.